The fourth-order valence-corrected chi connectivity index (χ4v) is 8.46. The number of nitrogens with one attached hydrogen (secondary N) is 1. The lowest BCUT2D eigenvalue weighted by atomic mass is 9.66. The van der Waals surface area contributed by atoms with Crippen LogP contribution >= 0.6 is 11.8 Å². The third-order valence-corrected chi connectivity index (χ3v) is 9.26. The number of aliphatic hydroxyl groups is 1. The summed E-state index contributed by atoms with van der Waals surface area (Å²) in [5, 5.41) is 13.4. The highest BCUT2D eigenvalue weighted by molar-refractivity contribution is 8.02. The second-order valence-electron chi connectivity index (χ2n) is 10.4. The average Bonchev–Trinajstić information content (AvgIpc) is 3.33. The molecule has 0 aromatic heterocycles. The third kappa shape index (κ3) is 3.75. The van der Waals surface area contributed by atoms with Gasteiger partial charge in [0.1, 0.15) is 6.04 Å². The van der Waals surface area contributed by atoms with Gasteiger partial charge < -0.3 is 20.1 Å². The van der Waals surface area contributed by atoms with Crippen LogP contribution in [0.3, 0.4) is 0 Å². The predicted molar refractivity (Wildman–Crippen MR) is 126 cm³/mol. The third-order valence-electron chi connectivity index (χ3n) is 7.18. The summed E-state index contributed by atoms with van der Waals surface area (Å²) in [6.45, 7) is 9.49. The molecule has 7 atom stereocenters. The number of hydrogen-bond acceptors (Lipinski definition) is 6. The zero-order valence-corrected chi connectivity index (χ0v) is 20.7. The molecular weight excluding hydrogens is 440 g/mol. The van der Waals surface area contributed by atoms with Crippen LogP contribution < -0.4 is 5.32 Å². The average molecular weight is 475 g/mol. The minimum Gasteiger partial charge on any atom is -0.466 e. The molecule has 7 nitrogen and oxygen atoms in total. The molecule has 0 aliphatic carbocycles. The summed E-state index contributed by atoms with van der Waals surface area (Å²) >= 11 is 1.61. The van der Waals surface area contributed by atoms with E-state index in [-0.39, 0.29) is 42.2 Å². The quantitative estimate of drug-likeness (QED) is 0.615. The molecule has 2 N–H and O–H groups in total. The SMILES string of the molecule is CCOC(=O)[C@@H]1[C@@H]2CC(C)C3(S2)C(C(=O)NC(C)(C)C)N([C@H](CO)c2ccccc2)C(=O)[C@H]13. The molecule has 3 aliphatic rings. The maximum atomic E-state index is 14.1. The topological polar surface area (TPSA) is 95.9 Å². The Bertz CT molecular complexity index is 932. The highest BCUT2D eigenvalue weighted by atomic mass is 32.2. The molecule has 3 unspecified atom stereocenters. The Hall–Kier alpha value is -2.06. The molecule has 2 amide bonds. The predicted octanol–water partition coefficient (Wildman–Crippen LogP) is 2.53. The van der Waals surface area contributed by atoms with E-state index in [1.807, 2.05) is 51.1 Å². The maximum Gasteiger partial charge on any atom is 0.310 e. The lowest BCUT2D eigenvalue weighted by Crippen LogP contribution is -2.59. The number of carbonyl (C=O) groups excluding carboxylic acids is 3. The van der Waals surface area contributed by atoms with Crippen molar-refractivity contribution in [3.05, 3.63) is 35.9 Å². The van der Waals surface area contributed by atoms with Gasteiger partial charge in [-0.1, -0.05) is 37.3 Å². The molecule has 4 rings (SSSR count). The van der Waals surface area contributed by atoms with Crippen molar-refractivity contribution in [2.24, 2.45) is 17.8 Å². The second-order valence-corrected chi connectivity index (χ2v) is 11.9. The molecule has 3 aliphatic heterocycles. The lowest BCUT2D eigenvalue weighted by Gasteiger charge is -2.41. The van der Waals surface area contributed by atoms with Crippen molar-refractivity contribution in [2.75, 3.05) is 13.2 Å². The molecule has 2 bridgehead atoms. The Kier molecular flexibility index (Phi) is 6.29. The number of carbonyl (C=O) groups is 3. The van der Waals surface area contributed by atoms with Crippen LogP contribution in [0, 0.1) is 17.8 Å². The van der Waals surface area contributed by atoms with Crippen LogP contribution in [0.1, 0.15) is 52.6 Å². The van der Waals surface area contributed by atoms with Crippen molar-refractivity contribution in [2.45, 2.75) is 68.7 Å². The first-order valence-corrected chi connectivity index (χ1v) is 12.6. The number of ether oxygens (including phenoxy) is 1. The van der Waals surface area contributed by atoms with Crippen molar-refractivity contribution in [1.29, 1.82) is 0 Å². The first kappa shape index (κ1) is 24.1. The van der Waals surface area contributed by atoms with Gasteiger partial charge in [0.25, 0.3) is 0 Å². The second kappa shape index (κ2) is 8.62. The Morgan fingerprint density at radius 1 is 1.30 bits per heavy atom. The smallest absolute Gasteiger partial charge is 0.310 e. The summed E-state index contributed by atoms with van der Waals surface area (Å²) in [6.07, 6.45) is 0.750. The molecule has 0 radical (unpaired) electrons. The van der Waals surface area contributed by atoms with E-state index in [0.717, 1.165) is 12.0 Å². The number of esters is 1. The minimum absolute atomic E-state index is 0.0515. The van der Waals surface area contributed by atoms with Gasteiger partial charge in [-0.3, -0.25) is 14.4 Å². The summed E-state index contributed by atoms with van der Waals surface area (Å²) in [7, 11) is 0. The molecule has 3 fully saturated rings. The number of aliphatic hydroxyl groups excluding tert-OH is 1. The summed E-state index contributed by atoms with van der Waals surface area (Å²) in [5.74, 6) is -2.02. The van der Waals surface area contributed by atoms with Crippen LogP contribution in [-0.4, -0.2) is 62.6 Å². The minimum atomic E-state index is -0.795. The van der Waals surface area contributed by atoms with E-state index in [4.69, 9.17) is 4.74 Å². The van der Waals surface area contributed by atoms with Gasteiger partial charge in [-0.2, -0.15) is 0 Å². The Morgan fingerprint density at radius 3 is 2.55 bits per heavy atom. The van der Waals surface area contributed by atoms with E-state index < -0.39 is 34.2 Å². The number of hydrogen-bond donors (Lipinski definition) is 2. The fraction of sp³-hybridized carbons (Fsp3) is 0.640. The molecular formula is C25H34N2O5S. The van der Waals surface area contributed by atoms with Crippen molar-refractivity contribution in [3.8, 4) is 0 Å². The summed E-state index contributed by atoms with van der Waals surface area (Å²) in [6, 6.07) is 7.82. The number of likely N-dealkylation sites (tertiary alicyclic amines) is 1. The van der Waals surface area contributed by atoms with E-state index in [1.165, 1.54) is 0 Å². The molecule has 1 aromatic carbocycles. The number of benzene rings is 1. The molecule has 180 valence electrons. The zero-order valence-electron chi connectivity index (χ0n) is 19.9. The van der Waals surface area contributed by atoms with Crippen LogP contribution in [0.5, 0.6) is 0 Å². The standard InChI is InChI=1S/C25H34N2O5S/c1-6-32-23(31)18-17-12-14(2)25(33-17)19(18)22(30)27(20(25)21(29)26-24(3,4)5)16(13-28)15-10-8-7-9-11-15/h7-11,14,16-20,28H,6,12-13H2,1-5H3,(H,26,29)/t14?,16-,17+,18-,19+,20?,25?/m1/s1. The first-order valence-electron chi connectivity index (χ1n) is 11.7. The number of fused-ring (bicyclic) bond motifs is 1. The largest absolute Gasteiger partial charge is 0.466 e. The highest BCUT2D eigenvalue weighted by Crippen LogP contribution is 2.69. The van der Waals surface area contributed by atoms with Crippen LogP contribution in [0.4, 0.5) is 0 Å². The number of amides is 2. The maximum absolute atomic E-state index is 14.1. The molecule has 3 saturated heterocycles. The summed E-state index contributed by atoms with van der Waals surface area (Å²) < 4.78 is 4.64. The highest BCUT2D eigenvalue weighted by Gasteiger charge is 2.77. The van der Waals surface area contributed by atoms with E-state index in [9.17, 15) is 19.5 Å². The van der Waals surface area contributed by atoms with Crippen molar-refractivity contribution in [1.82, 2.24) is 10.2 Å². The molecule has 8 heteroatoms. The summed E-state index contributed by atoms with van der Waals surface area (Å²) in [4.78, 5) is 42.5. The van der Waals surface area contributed by atoms with Gasteiger partial charge in [0.15, 0.2) is 0 Å². The van der Waals surface area contributed by atoms with Gasteiger partial charge >= 0.3 is 5.97 Å². The van der Waals surface area contributed by atoms with E-state index >= 15 is 0 Å². The van der Waals surface area contributed by atoms with Gasteiger partial charge in [0.05, 0.1) is 35.8 Å². The molecule has 3 heterocycles. The van der Waals surface area contributed by atoms with Gasteiger partial charge in [0, 0.05) is 10.8 Å². The van der Waals surface area contributed by atoms with Crippen LogP contribution in [-0.2, 0) is 19.1 Å². The monoisotopic (exact) mass is 474 g/mol. The van der Waals surface area contributed by atoms with Crippen molar-refractivity contribution < 1.29 is 24.2 Å². The van der Waals surface area contributed by atoms with Crippen LogP contribution in [0.25, 0.3) is 0 Å². The van der Waals surface area contributed by atoms with Crippen LogP contribution in [0.15, 0.2) is 30.3 Å². The van der Waals surface area contributed by atoms with Crippen molar-refractivity contribution in [3.63, 3.8) is 0 Å². The number of nitrogens with zero attached hydrogens (tertiary/aromatic N) is 1. The fourth-order valence-electron chi connectivity index (χ4n) is 6.07. The summed E-state index contributed by atoms with van der Waals surface area (Å²) in [5.41, 5.74) is 0.269. The van der Waals surface area contributed by atoms with Gasteiger partial charge in [-0.15, -0.1) is 11.8 Å². The van der Waals surface area contributed by atoms with E-state index in [2.05, 4.69) is 12.2 Å². The van der Waals surface area contributed by atoms with Crippen molar-refractivity contribution >= 4 is 29.5 Å². The zero-order chi connectivity index (χ0) is 24.1. The molecule has 1 spiro atoms. The van der Waals surface area contributed by atoms with Crippen LogP contribution in [0.2, 0.25) is 0 Å². The lowest BCUT2D eigenvalue weighted by molar-refractivity contribution is -0.154. The van der Waals surface area contributed by atoms with Gasteiger partial charge in [-0.25, -0.2) is 0 Å². The first-order chi connectivity index (χ1) is 15.6. The van der Waals surface area contributed by atoms with E-state index in [0.29, 0.717) is 0 Å². The Morgan fingerprint density at radius 2 is 1.97 bits per heavy atom. The molecule has 0 saturated carbocycles. The molecule has 33 heavy (non-hydrogen) atoms. The normalized spacial score (nSPS) is 33.7. The van der Waals surface area contributed by atoms with Gasteiger partial charge in [-0.05, 0) is 45.6 Å². The molecule has 1 aromatic rings. The number of thioether (sulfide) groups is 1. The number of rotatable bonds is 6. The Balaban J connectivity index is 1.85. The van der Waals surface area contributed by atoms with E-state index in [1.54, 1.807) is 23.6 Å². The van der Waals surface area contributed by atoms with Gasteiger partial charge in [0.2, 0.25) is 11.8 Å². The Labute approximate surface area is 199 Å².